The van der Waals surface area contributed by atoms with Gasteiger partial charge in [0, 0.05) is 18.0 Å². The number of alkyl halides is 2. The number of hydrogen-bond donors (Lipinski definition) is 0. The van der Waals surface area contributed by atoms with Crippen LogP contribution in [-0.2, 0) is 6.11 Å². The number of hydrogen-bond acceptors (Lipinski definition) is 3. The van der Waals surface area contributed by atoms with Crippen LogP contribution in [0.3, 0.4) is 0 Å². The van der Waals surface area contributed by atoms with E-state index in [0.717, 1.165) is 16.7 Å². The maximum atomic E-state index is 14.2. The molecule has 24 heavy (non-hydrogen) atoms. The Kier molecular flexibility index (Phi) is 4.25. The second-order valence-corrected chi connectivity index (χ2v) is 5.59. The molecule has 1 aromatic heterocycles. The lowest BCUT2D eigenvalue weighted by molar-refractivity contribution is -0.185. The van der Waals surface area contributed by atoms with Gasteiger partial charge in [0.1, 0.15) is 5.75 Å². The molecule has 3 nitrogen and oxygen atoms in total. The molecule has 3 aromatic rings. The van der Waals surface area contributed by atoms with Gasteiger partial charge >= 0.3 is 6.11 Å². The summed E-state index contributed by atoms with van der Waals surface area (Å²) in [5.41, 5.74) is 2.42. The molecular formula is C19H16F2N2O. The maximum Gasteiger partial charge on any atom is 0.426 e. The highest BCUT2D eigenvalue weighted by Gasteiger charge is 2.34. The van der Waals surface area contributed by atoms with Crippen LogP contribution in [0.25, 0.3) is 11.4 Å². The number of nitrogens with zero attached hydrogens (tertiary/aromatic N) is 2. The minimum absolute atomic E-state index is 0.0800. The highest BCUT2D eigenvalue weighted by molar-refractivity contribution is 5.55. The van der Waals surface area contributed by atoms with E-state index in [9.17, 15) is 8.78 Å². The first-order valence-corrected chi connectivity index (χ1v) is 7.47. The quantitative estimate of drug-likeness (QED) is 0.685. The van der Waals surface area contributed by atoms with Crippen molar-refractivity contribution in [2.24, 2.45) is 0 Å². The summed E-state index contributed by atoms with van der Waals surface area (Å²) in [5.74, 6) is 0.619. The van der Waals surface area contributed by atoms with Crippen molar-refractivity contribution in [3.63, 3.8) is 0 Å². The van der Waals surface area contributed by atoms with Gasteiger partial charge in [-0.25, -0.2) is 9.97 Å². The predicted octanol–water partition coefficient (Wildman–Crippen LogP) is 4.89. The minimum Gasteiger partial charge on any atom is -0.429 e. The topological polar surface area (TPSA) is 35.0 Å². The summed E-state index contributed by atoms with van der Waals surface area (Å²) in [4.78, 5) is 8.42. The van der Waals surface area contributed by atoms with Crippen molar-refractivity contribution in [2.75, 3.05) is 0 Å². The number of benzene rings is 2. The molecule has 2 aromatic carbocycles. The van der Waals surface area contributed by atoms with E-state index in [0.29, 0.717) is 5.82 Å². The van der Waals surface area contributed by atoms with Crippen LogP contribution in [0, 0.1) is 13.8 Å². The van der Waals surface area contributed by atoms with Crippen LogP contribution in [0.2, 0.25) is 0 Å². The van der Waals surface area contributed by atoms with Gasteiger partial charge < -0.3 is 4.74 Å². The summed E-state index contributed by atoms with van der Waals surface area (Å²) in [6, 6.07) is 12.3. The van der Waals surface area contributed by atoms with Crippen molar-refractivity contribution in [2.45, 2.75) is 20.0 Å². The third-order valence-corrected chi connectivity index (χ3v) is 3.53. The molecule has 0 aliphatic carbocycles. The van der Waals surface area contributed by atoms with Crippen LogP contribution in [0.15, 0.2) is 60.9 Å². The van der Waals surface area contributed by atoms with Crippen molar-refractivity contribution < 1.29 is 13.5 Å². The van der Waals surface area contributed by atoms with Crippen molar-refractivity contribution in [1.82, 2.24) is 9.97 Å². The SMILES string of the molecule is Cc1ccc(C(F)(F)Oc2ccc(-c3ncc(C)cn3)cc2)cc1. The van der Waals surface area contributed by atoms with Gasteiger partial charge in [0.2, 0.25) is 0 Å². The molecule has 0 aliphatic heterocycles. The smallest absolute Gasteiger partial charge is 0.426 e. The average molecular weight is 326 g/mol. The summed E-state index contributed by atoms with van der Waals surface area (Å²) in [6.45, 7) is 3.74. The van der Waals surface area contributed by atoms with E-state index < -0.39 is 6.11 Å². The van der Waals surface area contributed by atoms with Gasteiger partial charge in [0.15, 0.2) is 5.82 Å². The van der Waals surface area contributed by atoms with Crippen LogP contribution in [0.5, 0.6) is 5.75 Å². The van der Waals surface area contributed by atoms with Gasteiger partial charge in [-0.05, 0) is 55.8 Å². The fraction of sp³-hybridized carbons (Fsp3) is 0.158. The van der Waals surface area contributed by atoms with Crippen molar-refractivity contribution >= 4 is 0 Å². The second-order valence-electron chi connectivity index (χ2n) is 5.59. The Hall–Kier alpha value is -2.82. The van der Waals surface area contributed by atoms with E-state index in [4.69, 9.17) is 4.74 Å². The summed E-state index contributed by atoms with van der Waals surface area (Å²) >= 11 is 0. The second kappa shape index (κ2) is 6.35. The highest BCUT2D eigenvalue weighted by atomic mass is 19.3. The van der Waals surface area contributed by atoms with Crippen molar-refractivity contribution in [3.05, 3.63) is 77.6 Å². The number of aryl methyl sites for hydroxylation is 2. The molecule has 3 rings (SSSR count). The van der Waals surface area contributed by atoms with E-state index in [1.807, 2.05) is 13.8 Å². The summed E-state index contributed by atoms with van der Waals surface area (Å²) in [7, 11) is 0. The van der Waals surface area contributed by atoms with Crippen LogP contribution in [-0.4, -0.2) is 9.97 Å². The van der Waals surface area contributed by atoms with E-state index in [1.54, 1.807) is 36.7 Å². The van der Waals surface area contributed by atoms with Crippen LogP contribution in [0.1, 0.15) is 16.7 Å². The van der Waals surface area contributed by atoms with E-state index in [2.05, 4.69) is 9.97 Å². The molecule has 0 N–H and O–H groups in total. The van der Waals surface area contributed by atoms with E-state index in [1.165, 1.54) is 24.3 Å². The Morgan fingerprint density at radius 3 is 1.96 bits per heavy atom. The first kappa shape index (κ1) is 16.1. The van der Waals surface area contributed by atoms with Crippen LogP contribution in [0.4, 0.5) is 8.78 Å². The molecular weight excluding hydrogens is 310 g/mol. The maximum absolute atomic E-state index is 14.2. The molecule has 0 saturated carbocycles. The Labute approximate surface area is 139 Å². The molecule has 122 valence electrons. The lowest BCUT2D eigenvalue weighted by Crippen LogP contribution is -2.21. The molecule has 0 saturated heterocycles. The average Bonchev–Trinajstić information content (AvgIpc) is 2.56. The van der Waals surface area contributed by atoms with E-state index in [-0.39, 0.29) is 11.3 Å². The third-order valence-electron chi connectivity index (χ3n) is 3.53. The van der Waals surface area contributed by atoms with Crippen molar-refractivity contribution in [1.29, 1.82) is 0 Å². The third kappa shape index (κ3) is 3.56. The normalized spacial score (nSPS) is 11.3. The molecule has 0 unspecified atom stereocenters. The first-order valence-electron chi connectivity index (χ1n) is 7.47. The standard InChI is InChI=1S/C19H16F2N2O/c1-13-3-7-16(8-4-13)19(20,21)24-17-9-5-15(6-10-17)18-22-11-14(2)12-23-18/h3-12H,1-2H3. The number of halogens is 2. The highest BCUT2D eigenvalue weighted by Crippen LogP contribution is 2.32. The first-order chi connectivity index (χ1) is 11.4. The zero-order valence-corrected chi connectivity index (χ0v) is 13.3. The van der Waals surface area contributed by atoms with Crippen molar-refractivity contribution in [3.8, 4) is 17.1 Å². The summed E-state index contributed by atoms with van der Waals surface area (Å²) in [6.07, 6.45) is 0.0200. The molecule has 0 atom stereocenters. The Bertz CT molecular complexity index is 813. The number of rotatable bonds is 4. The van der Waals surface area contributed by atoms with Crippen LogP contribution >= 0.6 is 0 Å². The molecule has 0 bridgehead atoms. The molecule has 0 aliphatic rings. The Morgan fingerprint density at radius 1 is 0.792 bits per heavy atom. The predicted molar refractivity (Wildman–Crippen MR) is 87.9 cm³/mol. The van der Waals surface area contributed by atoms with Gasteiger partial charge in [0.25, 0.3) is 0 Å². The van der Waals surface area contributed by atoms with Gasteiger partial charge in [-0.15, -0.1) is 0 Å². The lowest BCUT2D eigenvalue weighted by Gasteiger charge is -2.18. The van der Waals surface area contributed by atoms with Gasteiger partial charge in [-0.1, -0.05) is 17.7 Å². The Balaban J connectivity index is 1.78. The van der Waals surface area contributed by atoms with Gasteiger partial charge in [0.05, 0.1) is 5.56 Å². The molecule has 0 radical (unpaired) electrons. The molecule has 0 amide bonds. The monoisotopic (exact) mass is 326 g/mol. The summed E-state index contributed by atoms with van der Waals surface area (Å²) < 4.78 is 33.3. The minimum atomic E-state index is -3.39. The zero-order valence-electron chi connectivity index (χ0n) is 13.3. The largest absolute Gasteiger partial charge is 0.429 e. The van der Waals surface area contributed by atoms with Crippen LogP contribution < -0.4 is 4.74 Å². The molecule has 0 fully saturated rings. The lowest BCUT2D eigenvalue weighted by atomic mass is 10.1. The van der Waals surface area contributed by atoms with Gasteiger partial charge in [-0.3, -0.25) is 0 Å². The van der Waals surface area contributed by atoms with Gasteiger partial charge in [-0.2, -0.15) is 8.78 Å². The van der Waals surface area contributed by atoms with E-state index >= 15 is 0 Å². The fourth-order valence-electron chi connectivity index (χ4n) is 2.17. The molecule has 5 heteroatoms. The molecule has 1 heterocycles. The Morgan fingerprint density at radius 2 is 1.38 bits per heavy atom. The summed E-state index contributed by atoms with van der Waals surface area (Å²) in [5, 5.41) is 0. The molecule has 0 spiro atoms. The fourth-order valence-corrected chi connectivity index (χ4v) is 2.17. The number of ether oxygens (including phenoxy) is 1. The zero-order chi connectivity index (χ0) is 17.2. The number of aromatic nitrogens is 2.